The third-order valence-electron chi connectivity index (χ3n) is 2.57. The van der Waals surface area contributed by atoms with E-state index in [0.29, 0.717) is 19.8 Å². The molecule has 136 valence electrons. The topological polar surface area (TPSA) is 109 Å². The molecule has 0 aromatic rings. The van der Waals surface area contributed by atoms with Gasteiger partial charge in [-0.05, 0) is 25.7 Å². The van der Waals surface area contributed by atoms with Crippen molar-refractivity contribution in [1.82, 2.24) is 0 Å². The number of aliphatic hydroxyl groups is 1. The minimum absolute atomic E-state index is 0.240. The molecular formula is C13H32O7P2. The summed E-state index contributed by atoms with van der Waals surface area (Å²) in [6.07, 6.45) is 6.39. The van der Waals surface area contributed by atoms with Crippen LogP contribution in [-0.4, -0.2) is 52.3 Å². The van der Waals surface area contributed by atoms with E-state index in [0.717, 1.165) is 45.1 Å². The molecule has 2 atom stereocenters. The zero-order chi connectivity index (χ0) is 17.1. The molecule has 1 fully saturated rings. The van der Waals surface area contributed by atoms with Crippen molar-refractivity contribution in [2.75, 3.05) is 26.4 Å². The van der Waals surface area contributed by atoms with Gasteiger partial charge >= 0.3 is 8.60 Å². The number of unbranched alkanes of at least 4 members (excludes halogenated alkanes) is 2. The second-order valence-electron chi connectivity index (χ2n) is 4.55. The molecule has 1 heterocycles. The smallest absolute Gasteiger partial charge is 0.327 e. The van der Waals surface area contributed by atoms with Gasteiger partial charge in [-0.2, -0.15) is 0 Å². The van der Waals surface area contributed by atoms with E-state index in [4.69, 9.17) is 29.0 Å². The Kier molecular flexibility index (Phi) is 24.4. The molecule has 2 unspecified atom stereocenters. The lowest BCUT2D eigenvalue weighted by atomic mass is 10.2. The number of ether oxygens (including phenoxy) is 1. The highest BCUT2D eigenvalue weighted by molar-refractivity contribution is 7.39. The molecule has 1 rings (SSSR count). The van der Waals surface area contributed by atoms with Crippen LogP contribution in [0.4, 0.5) is 0 Å². The van der Waals surface area contributed by atoms with Crippen molar-refractivity contribution in [1.29, 1.82) is 0 Å². The summed E-state index contributed by atoms with van der Waals surface area (Å²) in [7, 11) is -2.51. The fourth-order valence-corrected chi connectivity index (χ4v) is 1.91. The lowest BCUT2D eigenvalue weighted by molar-refractivity contribution is 0.0705. The average molecular weight is 362 g/mol. The SMILES string of the molecule is CCCCO.CCCCOP(O)O.OPOCC1CCCO1. The monoisotopic (exact) mass is 362 g/mol. The molecule has 0 radical (unpaired) electrons. The first-order valence-corrected chi connectivity index (χ1v) is 9.68. The molecule has 7 nitrogen and oxygen atoms in total. The molecule has 0 aliphatic carbocycles. The molecule has 4 N–H and O–H groups in total. The van der Waals surface area contributed by atoms with Crippen molar-refractivity contribution in [3.8, 4) is 0 Å². The molecule has 0 saturated carbocycles. The highest BCUT2D eigenvalue weighted by Gasteiger charge is 2.14. The largest absolute Gasteiger partial charge is 0.396 e. The first-order valence-electron chi connectivity index (χ1n) is 7.66. The lowest BCUT2D eigenvalue weighted by Gasteiger charge is -2.06. The van der Waals surface area contributed by atoms with Crippen molar-refractivity contribution >= 4 is 17.6 Å². The molecule has 1 aliphatic rings. The summed E-state index contributed by atoms with van der Waals surface area (Å²) in [4.78, 5) is 24.6. The molecule has 22 heavy (non-hydrogen) atoms. The van der Waals surface area contributed by atoms with Gasteiger partial charge in [0.2, 0.25) is 0 Å². The number of aliphatic hydroxyl groups excluding tert-OH is 1. The van der Waals surface area contributed by atoms with Crippen molar-refractivity contribution in [3.05, 3.63) is 0 Å². The second-order valence-corrected chi connectivity index (χ2v) is 5.79. The Morgan fingerprint density at radius 1 is 1.23 bits per heavy atom. The zero-order valence-electron chi connectivity index (χ0n) is 13.6. The number of hydrogen-bond donors (Lipinski definition) is 4. The summed E-state index contributed by atoms with van der Waals surface area (Å²) in [5.41, 5.74) is 0. The Morgan fingerprint density at radius 2 is 1.91 bits per heavy atom. The van der Waals surface area contributed by atoms with Gasteiger partial charge in [-0.25, -0.2) is 0 Å². The quantitative estimate of drug-likeness (QED) is 0.368. The zero-order valence-corrected chi connectivity index (χ0v) is 15.5. The Morgan fingerprint density at radius 3 is 2.27 bits per heavy atom. The van der Waals surface area contributed by atoms with E-state index in [1.165, 1.54) is 0 Å². The van der Waals surface area contributed by atoms with Crippen LogP contribution < -0.4 is 0 Å². The van der Waals surface area contributed by atoms with E-state index in [2.05, 4.69) is 11.4 Å². The van der Waals surface area contributed by atoms with Gasteiger partial charge in [-0.1, -0.05) is 26.7 Å². The Balaban J connectivity index is 0. The van der Waals surface area contributed by atoms with Crippen LogP contribution in [0, 0.1) is 0 Å². The molecule has 0 aromatic carbocycles. The van der Waals surface area contributed by atoms with Gasteiger partial charge < -0.3 is 33.6 Å². The Labute approximate surface area is 136 Å². The minimum Gasteiger partial charge on any atom is -0.396 e. The van der Waals surface area contributed by atoms with Crippen LogP contribution >= 0.6 is 17.6 Å². The summed E-state index contributed by atoms with van der Waals surface area (Å²) in [6.45, 7) is 6.26. The van der Waals surface area contributed by atoms with Crippen molar-refractivity contribution < 1.29 is 33.6 Å². The van der Waals surface area contributed by atoms with Crippen LogP contribution in [0.15, 0.2) is 0 Å². The van der Waals surface area contributed by atoms with E-state index in [-0.39, 0.29) is 6.10 Å². The Hall–Kier alpha value is 0.580. The summed E-state index contributed by atoms with van der Waals surface area (Å²) in [5.74, 6) is 0. The normalized spacial score (nSPS) is 17.3. The van der Waals surface area contributed by atoms with Crippen LogP contribution in [-0.2, 0) is 13.8 Å². The fraction of sp³-hybridized carbons (Fsp3) is 1.00. The van der Waals surface area contributed by atoms with E-state index in [1.54, 1.807) is 0 Å². The number of rotatable bonds is 9. The van der Waals surface area contributed by atoms with E-state index in [9.17, 15) is 0 Å². The van der Waals surface area contributed by atoms with Crippen molar-refractivity contribution in [2.45, 2.75) is 58.5 Å². The maximum Gasteiger partial charge on any atom is 0.327 e. The van der Waals surface area contributed by atoms with Crippen LogP contribution in [0.1, 0.15) is 52.4 Å². The maximum atomic E-state index is 8.28. The fourth-order valence-electron chi connectivity index (χ4n) is 1.35. The van der Waals surface area contributed by atoms with E-state index >= 15 is 0 Å². The molecular weight excluding hydrogens is 330 g/mol. The highest BCUT2D eigenvalue weighted by Crippen LogP contribution is 2.24. The standard InChI is InChI=1S/C5H11O3P.C4H11O3P.C4H10O/c6-9-8-4-5-2-1-3-7-5;1-2-3-4-7-8(5)6;1-2-3-4-5/h5-6,9H,1-4H2;5-6H,2-4H2,1H3;5H,2-4H2,1H3. The molecule has 0 aromatic heterocycles. The summed E-state index contributed by atoms with van der Waals surface area (Å²) >= 11 is 0. The van der Waals surface area contributed by atoms with Crippen molar-refractivity contribution in [2.24, 2.45) is 0 Å². The van der Waals surface area contributed by atoms with Gasteiger partial charge in [0.05, 0.1) is 19.3 Å². The third-order valence-corrected chi connectivity index (χ3v) is 3.28. The van der Waals surface area contributed by atoms with E-state index in [1.807, 2.05) is 6.92 Å². The Bertz CT molecular complexity index is 191. The van der Waals surface area contributed by atoms with Crippen LogP contribution in [0.25, 0.3) is 0 Å². The third kappa shape index (κ3) is 22.9. The van der Waals surface area contributed by atoms with Crippen molar-refractivity contribution in [3.63, 3.8) is 0 Å². The van der Waals surface area contributed by atoms with Gasteiger partial charge in [-0.15, -0.1) is 0 Å². The van der Waals surface area contributed by atoms with Crippen LogP contribution in [0.5, 0.6) is 0 Å². The first kappa shape index (κ1) is 24.8. The first-order chi connectivity index (χ1) is 10.6. The predicted molar refractivity (Wildman–Crippen MR) is 89.7 cm³/mol. The molecule has 0 amide bonds. The van der Waals surface area contributed by atoms with Crippen LogP contribution in [0.3, 0.4) is 0 Å². The second kappa shape index (κ2) is 21.6. The molecule has 0 spiro atoms. The molecule has 1 aliphatic heterocycles. The molecule has 1 saturated heterocycles. The summed E-state index contributed by atoms with van der Waals surface area (Å²) in [6, 6.07) is 0. The minimum atomic E-state index is -2.11. The number of hydrogen-bond acceptors (Lipinski definition) is 7. The van der Waals surface area contributed by atoms with Gasteiger partial charge in [0.15, 0.2) is 9.03 Å². The molecule has 0 bridgehead atoms. The van der Waals surface area contributed by atoms with Gasteiger partial charge in [0.1, 0.15) is 0 Å². The highest BCUT2D eigenvalue weighted by atomic mass is 31.2. The maximum absolute atomic E-state index is 8.28. The van der Waals surface area contributed by atoms with Gasteiger partial charge in [-0.3, -0.25) is 0 Å². The van der Waals surface area contributed by atoms with E-state index < -0.39 is 17.6 Å². The molecule has 9 heteroatoms. The van der Waals surface area contributed by atoms with Crippen LogP contribution in [0.2, 0.25) is 0 Å². The lowest BCUT2D eigenvalue weighted by Crippen LogP contribution is -2.10. The van der Waals surface area contributed by atoms with Gasteiger partial charge in [0, 0.05) is 13.2 Å². The predicted octanol–water partition coefficient (Wildman–Crippen LogP) is 2.48. The summed E-state index contributed by atoms with van der Waals surface area (Å²) in [5, 5.41) is 8.07. The average Bonchev–Trinajstić information content (AvgIpc) is 3.00. The van der Waals surface area contributed by atoms with Gasteiger partial charge in [0.25, 0.3) is 0 Å². The summed E-state index contributed by atoms with van der Waals surface area (Å²) < 4.78 is 14.5.